The summed E-state index contributed by atoms with van der Waals surface area (Å²) in [5, 5.41) is 8.23. The lowest BCUT2D eigenvalue weighted by molar-refractivity contribution is -0.119. The molecule has 0 N–H and O–H groups in total. The normalized spacial score (nSPS) is 16.1. The van der Waals surface area contributed by atoms with Crippen LogP contribution < -0.4 is 0 Å². The van der Waals surface area contributed by atoms with Gasteiger partial charge in [0.2, 0.25) is 18.2 Å². The minimum atomic E-state index is 0.556. The number of amides is 1. The molecule has 0 aliphatic carbocycles. The fourth-order valence-corrected chi connectivity index (χ4v) is 2.43. The van der Waals surface area contributed by atoms with E-state index in [4.69, 9.17) is 4.42 Å². The number of rotatable bonds is 4. The molecule has 0 radical (unpaired) electrons. The molecule has 110 valence electrons. The highest BCUT2D eigenvalue weighted by atomic mass is 16.4. The Kier molecular flexibility index (Phi) is 3.96. The first-order valence-electron chi connectivity index (χ1n) is 7.06. The van der Waals surface area contributed by atoms with Crippen molar-refractivity contribution in [3.8, 4) is 11.5 Å². The molecule has 6 nitrogen and oxygen atoms in total. The van der Waals surface area contributed by atoms with Gasteiger partial charge in [-0.25, -0.2) is 0 Å². The highest BCUT2D eigenvalue weighted by molar-refractivity contribution is 5.53. The Morgan fingerprint density at radius 2 is 2.05 bits per heavy atom. The van der Waals surface area contributed by atoms with E-state index in [0.29, 0.717) is 18.3 Å². The van der Waals surface area contributed by atoms with Crippen molar-refractivity contribution in [1.82, 2.24) is 20.0 Å². The number of benzene rings is 1. The molecule has 0 saturated carbocycles. The third-order valence-corrected chi connectivity index (χ3v) is 3.65. The molecule has 0 spiro atoms. The lowest BCUT2D eigenvalue weighted by Gasteiger charge is -2.31. The van der Waals surface area contributed by atoms with Gasteiger partial charge in [0.15, 0.2) is 0 Å². The molecule has 1 aliphatic rings. The van der Waals surface area contributed by atoms with Crippen LogP contribution in [-0.4, -0.2) is 52.6 Å². The van der Waals surface area contributed by atoms with Gasteiger partial charge in [0.25, 0.3) is 0 Å². The average Bonchev–Trinajstić information content (AvgIpc) is 2.97. The van der Waals surface area contributed by atoms with Crippen LogP contribution in [0.5, 0.6) is 0 Å². The molecule has 1 saturated heterocycles. The lowest BCUT2D eigenvalue weighted by atomic mass is 10.1. The van der Waals surface area contributed by atoms with Crippen molar-refractivity contribution in [2.24, 2.45) is 0 Å². The van der Waals surface area contributed by atoms with E-state index >= 15 is 0 Å². The number of piperazine rings is 1. The summed E-state index contributed by atoms with van der Waals surface area (Å²) in [6.07, 6.45) is 0.903. The Hall–Kier alpha value is -2.21. The van der Waals surface area contributed by atoms with Crippen molar-refractivity contribution in [2.75, 3.05) is 26.2 Å². The van der Waals surface area contributed by atoms with Gasteiger partial charge in [0.05, 0.1) is 6.54 Å². The van der Waals surface area contributed by atoms with E-state index < -0.39 is 0 Å². The van der Waals surface area contributed by atoms with Crippen molar-refractivity contribution < 1.29 is 9.21 Å². The fraction of sp³-hybridized carbons (Fsp3) is 0.400. The highest BCUT2D eigenvalue weighted by Crippen LogP contribution is 2.19. The number of aromatic nitrogens is 2. The summed E-state index contributed by atoms with van der Waals surface area (Å²) in [7, 11) is 0. The van der Waals surface area contributed by atoms with E-state index in [0.717, 1.165) is 43.7 Å². The van der Waals surface area contributed by atoms with Crippen molar-refractivity contribution >= 4 is 6.41 Å². The van der Waals surface area contributed by atoms with Gasteiger partial charge in [-0.15, -0.1) is 10.2 Å². The summed E-state index contributed by atoms with van der Waals surface area (Å²) in [5.41, 5.74) is 2.11. The first kappa shape index (κ1) is 13.8. The Morgan fingerprint density at radius 1 is 1.24 bits per heavy atom. The topological polar surface area (TPSA) is 62.5 Å². The second-order valence-electron chi connectivity index (χ2n) is 5.29. The Morgan fingerprint density at radius 3 is 2.76 bits per heavy atom. The number of hydrogen-bond donors (Lipinski definition) is 0. The molecule has 0 unspecified atom stereocenters. The molecule has 6 heteroatoms. The highest BCUT2D eigenvalue weighted by Gasteiger charge is 2.18. The Labute approximate surface area is 123 Å². The molecule has 3 rings (SSSR count). The maximum atomic E-state index is 10.7. The summed E-state index contributed by atoms with van der Waals surface area (Å²) >= 11 is 0. The SMILES string of the molecule is Cc1cccc(-c2nnc(CN3CCN(C=O)CC3)o2)c1. The minimum Gasteiger partial charge on any atom is -0.419 e. The zero-order chi connectivity index (χ0) is 14.7. The van der Waals surface area contributed by atoms with Gasteiger partial charge in [-0.05, 0) is 19.1 Å². The standard InChI is InChI=1S/C15H18N4O2/c1-12-3-2-4-13(9-12)15-17-16-14(21-15)10-18-5-7-19(11-20)8-6-18/h2-4,9,11H,5-8,10H2,1H3. The van der Waals surface area contributed by atoms with Gasteiger partial charge < -0.3 is 9.32 Å². The van der Waals surface area contributed by atoms with Crippen molar-refractivity contribution in [3.05, 3.63) is 35.7 Å². The smallest absolute Gasteiger partial charge is 0.247 e. The molecular formula is C15H18N4O2. The van der Waals surface area contributed by atoms with Gasteiger partial charge in [0.1, 0.15) is 0 Å². The summed E-state index contributed by atoms with van der Waals surface area (Å²) in [6, 6.07) is 8.01. The molecule has 1 aliphatic heterocycles. The van der Waals surface area contributed by atoms with Crippen LogP contribution in [0.1, 0.15) is 11.5 Å². The second-order valence-corrected chi connectivity index (χ2v) is 5.29. The van der Waals surface area contributed by atoms with Crippen molar-refractivity contribution in [1.29, 1.82) is 0 Å². The third kappa shape index (κ3) is 3.28. The molecule has 1 aromatic carbocycles. The zero-order valence-electron chi connectivity index (χ0n) is 12.0. The van der Waals surface area contributed by atoms with E-state index in [1.807, 2.05) is 31.2 Å². The van der Waals surface area contributed by atoms with Crippen LogP contribution in [0.25, 0.3) is 11.5 Å². The largest absolute Gasteiger partial charge is 0.419 e. The van der Waals surface area contributed by atoms with Crippen LogP contribution >= 0.6 is 0 Å². The van der Waals surface area contributed by atoms with Gasteiger partial charge >= 0.3 is 0 Å². The van der Waals surface area contributed by atoms with Crippen LogP contribution in [0.4, 0.5) is 0 Å². The van der Waals surface area contributed by atoms with Gasteiger partial charge in [-0.3, -0.25) is 9.69 Å². The second kappa shape index (κ2) is 6.05. The first-order chi connectivity index (χ1) is 10.2. The van der Waals surface area contributed by atoms with E-state index in [9.17, 15) is 4.79 Å². The summed E-state index contributed by atoms with van der Waals surface area (Å²) in [5.74, 6) is 1.17. The molecule has 0 bridgehead atoms. The molecule has 0 atom stereocenters. The van der Waals surface area contributed by atoms with Crippen LogP contribution in [0.3, 0.4) is 0 Å². The zero-order valence-corrected chi connectivity index (χ0v) is 12.0. The quantitative estimate of drug-likeness (QED) is 0.793. The number of carbonyl (C=O) groups is 1. The predicted molar refractivity (Wildman–Crippen MR) is 77.4 cm³/mol. The monoisotopic (exact) mass is 286 g/mol. The van der Waals surface area contributed by atoms with Crippen molar-refractivity contribution in [3.63, 3.8) is 0 Å². The Bertz CT molecular complexity index is 618. The van der Waals surface area contributed by atoms with E-state index in [1.54, 1.807) is 4.90 Å². The maximum Gasteiger partial charge on any atom is 0.247 e. The van der Waals surface area contributed by atoms with Crippen molar-refractivity contribution in [2.45, 2.75) is 13.5 Å². The summed E-state index contributed by atoms with van der Waals surface area (Å²) < 4.78 is 5.73. The molecule has 1 aromatic heterocycles. The Balaban J connectivity index is 1.64. The minimum absolute atomic E-state index is 0.556. The average molecular weight is 286 g/mol. The van der Waals surface area contributed by atoms with E-state index in [2.05, 4.69) is 15.1 Å². The molecule has 2 aromatic rings. The molecular weight excluding hydrogens is 268 g/mol. The molecule has 21 heavy (non-hydrogen) atoms. The predicted octanol–water partition coefficient (Wildman–Crippen LogP) is 1.32. The third-order valence-electron chi connectivity index (χ3n) is 3.65. The van der Waals surface area contributed by atoms with Crippen LogP contribution in [-0.2, 0) is 11.3 Å². The van der Waals surface area contributed by atoms with Crippen LogP contribution in [0.15, 0.2) is 28.7 Å². The molecule has 2 heterocycles. The number of carbonyl (C=O) groups excluding carboxylic acids is 1. The number of hydrogen-bond acceptors (Lipinski definition) is 5. The van der Waals surface area contributed by atoms with E-state index in [1.165, 1.54) is 0 Å². The summed E-state index contributed by atoms with van der Waals surface area (Å²) in [4.78, 5) is 14.7. The molecule has 1 amide bonds. The maximum absolute atomic E-state index is 10.7. The van der Waals surface area contributed by atoms with Gasteiger partial charge in [-0.1, -0.05) is 17.7 Å². The fourth-order valence-electron chi connectivity index (χ4n) is 2.43. The van der Waals surface area contributed by atoms with Crippen LogP contribution in [0.2, 0.25) is 0 Å². The van der Waals surface area contributed by atoms with Crippen LogP contribution in [0, 0.1) is 6.92 Å². The molecule has 1 fully saturated rings. The number of aryl methyl sites for hydroxylation is 1. The first-order valence-corrected chi connectivity index (χ1v) is 7.06. The number of nitrogens with zero attached hydrogens (tertiary/aromatic N) is 4. The van der Waals surface area contributed by atoms with E-state index in [-0.39, 0.29) is 0 Å². The van der Waals surface area contributed by atoms with Gasteiger partial charge in [0, 0.05) is 31.7 Å². The lowest BCUT2D eigenvalue weighted by Crippen LogP contribution is -2.45. The van der Waals surface area contributed by atoms with Gasteiger partial charge in [-0.2, -0.15) is 0 Å². The summed E-state index contributed by atoms with van der Waals surface area (Å²) in [6.45, 7) is 5.84.